The largest absolute Gasteiger partial charge is 0.427 e. The number of ether oxygens (including phenoxy) is 1. The average Bonchev–Trinajstić information content (AvgIpc) is 2.97. The number of halogens is 1. The third-order valence-electron chi connectivity index (χ3n) is 5.05. The van der Waals surface area contributed by atoms with Crippen molar-refractivity contribution in [1.82, 2.24) is 10.3 Å². The van der Waals surface area contributed by atoms with Crippen LogP contribution < -0.4 is 10.9 Å². The first-order chi connectivity index (χ1) is 13.3. The molecule has 0 aliphatic carbocycles. The number of rotatable bonds is 3. The first-order valence-electron chi connectivity index (χ1n) is 8.80. The number of carbonyl (C=O) groups is 2. The van der Waals surface area contributed by atoms with E-state index in [2.05, 4.69) is 10.3 Å². The Labute approximate surface area is 165 Å². The number of alkyl carbamates (subject to hydrolysis) is 1. The molecule has 0 radical (unpaired) electrons. The SMILES string of the molecule is CC(C)C1(c2cc(Cl)c(-c3ccc4ccccc4c3)[nH]c2=O)OC(=O)NC1=O. The average molecular weight is 397 g/mol. The van der Waals surface area contributed by atoms with E-state index in [1.807, 2.05) is 42.5 Å². The third kappa shape index (κ3) is 2.68. The zero-order chi connectivity index (χ0) is 20.1. The maximum Gasteiger partial charge on any atom is 0.415 e. The minimum atomic E-state index is -1.71. The van der Waals surface area contributed by atoms with E-state index in [0.29, 0.717) is 5.69 Å². The van der Waals surface area contributed by atoms with Crippen LogP contribution in [0.2, 0.25) is 5.02 Å². The van der Waals surface area contributed by atoms with E-state index in [1.165, 1.54) is 6.07 Å². The number of benzene rings is 2. The molecular formula is C21H17ClN2O4. The number of aromatic amines is 1. The summed E-state index contributed by atoms with van der Waals surface area (Å²) < 4.78 is 5.27. The first kappa shape index (κ1) is 18.3. The number of aromatic nitrogens is 1. The fraction of sp³-hybridized carbons (Fsp3) is 0.190. The van der Waals surface area contributed by atoms with Gasteiger partial charge < -0.3 is 9.72 Å². The van der Waals surface area contributed by atoms with Gasteiger partial charge in [0.1, 0.15) is 0 Å². The number of nitrogens with one attached hydrogen (secondary N) is 2. The highest BCUT2D eigenvalue weighted by atomic mass is 35.5. The fourth-order valence-electron chi connectivity index (χ4n) is 3.61. The summed E-state index contributed by atoms with van der Waals surface area (Å²) in [4.78, 5) is 39.8. The van der Waals surface area contributed by atoms with Crippen LogP contribution in [0.1, 0.15) is 19.4 Å². The van der Waals surface area contributed by atoms with Crippen LogP contribution in [0.25, 0.3) is 22.0 Å². The molecule has 7 heteroatoms. The molecule has 2 heterocycles. The maximum atomic E-state index is 12.9. The Kier molecular flexibility index (Phi) is 4.23. The number of pyridine rings is 1. The number of cyclic esters (lactones) is 1. The number of fused-ring (bicyclic) bond motifs is 1. The zero-order valence-electron chi connectivity index (χ0n) is 15.2. The van der Waals surface area contributed by atoms with Gasteiger partial charge >= 0.3 is 6.09 Å². The number of carbonyl (C=O) groups excluding carboxylic acids is 2. The minimum absolute atomic E-state index is 0.000360. The molecule has 2 N–H and O–H groups in total. The minimum Gasteiger partial charge on any atom is -0.427 e. The molecule has 1 aromatic heterocycles. The summed E-state index contributed by atoms with van der Waals surface area (Å²) in [7, 11) is 0. The second-order valence-corrected chi connectivity index (χ2v) is 7.44. The molecule has 1 aliphatic rings. The molecule has 1 saturated heterocycles. The van der Waals surface area contributed by atoms with E-state index in [1.54, 1.807) is 13.8 Å². The van der Waals surface area contributed by atoms with Crippen molar-refractivity contribution in [3.05, 3.63) is 69.5 Å². The number of amides is 2. The second-order valence-electron chi connectivity index (χ2n) is 7.03. The Morgan fingerprint density at radius 3 is 2.36 bits per heavy atom. The van der Waals surface area contributed by atoms with Crippen molar-refractivity contribution in [2.45, 2.75) is 19.4 Å². The van der Waals surface area contributed by atoms with Crippen LogP contribution in [0.3, 0.4) is 0 Å². The fourth-order valence-corrected chi connectivity index (χ4v) is 3.87. The molecule has 1 unspecified atom stereocenters. The summed E-state index contributed by atoms with van der Waals surface area (Å²) >= 11 is 6.47. The topological polar surface area (TPSA) is 88.3 Å². The predicted molar refractivity (Wildman–Crippen MR) is 106 cm³/mol. The molecule has 0 saturated carbocycles. The van der Waals surface area contributed by atoms with Crippen molar-refractivity contribution in [2.75, 3.05) is 0 Å². The van der Waals surface area contributed by atoms with Crippen molar-refractivity contribution in [3.63, 3.8) is 0 Å². The lowest BCUT2D eigenvalue weighted by molar-refractivity contribution is -0.136. The molecule has 6 nitrogen and oxygen atoms in total. The Morgan fingerprint density at radius 1 is 1.00 bits per heavy atom. The van der Waals surface area contributed by atoms with Crippen LogP contribution in [0.4, 0.5) is 4.79 Å². The van der Waals surface area contributed by atoms with Crippen molar-refractivity contribution < 1.29 is 14.3 Å². The molecule has 0 spiro atoms. The molecule has 2 aromatic carbocycles. The summed E-state index contributed by atoms with van der Waals surface area (Å²) in [5.74, 6) is -1.14. The molecular weight excluding hydrogens is 380 g/mol. The van der Waals surface area contributed by atoms with Gasteiger partial charge in [-0.3, -0.25) is 14.9 Å². The molecule has 28 heavy (non-hydrogen) atoms. The molecule has 1 fully saturated rings. The van der Waals surface area contributed by atoms with Gasteiger partial charge in [-0.2, -0.15) is 0 Å². The van der Waals surface area contributed by atoms with Gasteiger partial charge in [0.25, 0.3) is 11.5 Å². The standard InChI is InChI=1S/C21H17ClN2O4/c1-11(2)21(19(26)24-20(27)28-21)15-10-16(22)17(23-18(15)25)14-8-7-12-5-3-4-6-13(12)9-14/h3-11H,1-2H3,(H,23,25)(H,24,26,27). The van der Waals surface area contributed by atoms with E-state index in [4.69, 9.17) is 16.3 Å². The van der Waals surface area contributed by atoms with Gasteiger partial charge in [-0.15, -0.1) is 0 Å². The monoisotopic (exact) mass is 396 g/mol. The highest BCUT2D eigenvalue weighted by molar-refractivity contribution is 6.33. The lowest BCUT2D eigenvalue weighted by Gasteiger charge is -2.28. The van der Waals surface area contributed by atoms with Crippen LogP contribution in [-0.4, -0.2) is 17.0 Å². The van der Waals surface area contributed by atoms with Gasteiger partial charge in [-0.25, -0.2) is 4.79 Å². The highest BCUT2D eigenvalue weighted by Gasteiger charge is 2.54. The zero-order valence-corrected chi connectivity index (χ0v) is 16.0. The second kappa shape index (κ2) is 6.49. The number of imide groups is 1. The van der Waals surface area contributed by atoms with E-state index in [0.717, 1.165) is 16.3 Å². The Balaban J connectivity index is 1.88. The Bertz CT molecular complexity index is 1180. The Morgan fingerprint density at radius 2 is 1.71 bits per heavy atom. The lowest BCUT2D eigenvalue weighted by atomic mass is 9.83. The molecule has 1 aliphatic heterocycles. The normalized spacial score (nSPS) is 19.1. The number of hydrogen-bond donors (Lipinski definition) is 2. The van der Waals surface area contributed by atoms with Crippen molar-refractivity contribution in [3.8, 4) is 11.3 Å². The highest BCUT2D eigenvalue weighted by Crippen LogP contribution is 2.38. The molecule has 4 rings (SSSR count). The van der Waals surface area contributed by atoms with Gasteiger partial charge in [0, 0.05) is 11.5 Å². The third-order valence-corrected chi connectivity index (χ3v) is 5.35. The van der Waals surface area contributed by atoms with Crippen molar-refractivity contribution in [1.29, 1.82) is 0 Å². The van der Waals surface area contributed by atoms with Gasteiger partial charge in [0.05, 0.1) is 16.3 Å². The smallest absolute Gasteiger partial charge is 0.415 e. The van der Waals surface area contributed by atoms with E-state index in [-0.39, 0.29) is 10.6 Å². The molecule has 1 atom stereocenters. The Hall–Kier alpha value is -3.12. The van der Waals surface area contributed by atoms with Crippen molar-refractivity contribution in [2.24, 2.45) is 5.92 Å². The summed E-state index contributed by atoms with van der Waals surface area (Å²) in [5.41, 5.74) is -1.08. The number of hydrogen-bond acceptors (Lipinski definition) is 4. The van der Waals surface area contributed by atoms with Crippen molar-refractivity contribution >= 4 is 34.4 Å². The summed E-state index contributed by atoms with van der Waals surface area (Å²) in [5, 5.41) is 4.42. The summed E-state index contributed by atoms with van der Waals surface area (Å²) in [6.45, 7) is 3.39. The van der Waals surface area contributed by atoms with Crippen LogP contribution in [0.5, 0.6) is 0 Å². The molecule has 2 amide bonds. The van der Waals surface area contributed by atoms with Gasteiger partial charge in [-0.1, -0.05) is 61.8 Å². The van der Waals surface area contributed by atoms with Gasteiger partial charge in [0.15, 0.2) is 0 Å². The maximum absolute atomic E-state index is 12.9. The van der Waals surface area contributed by atoms with E-state index in [9.17, 15) is 14.4 Å². The molecule has 142 valence electrons. The van der Waals surface area contributed by atoms with Crippen LogP contribution in [0, 0.1) is 5.92 Å². The quantitative estimate of drug-likeness (QED) is 0.701. The molecule has 3 aromatic rings. The summed E-state index contributed by atoms with van der Waals surface area (Å²) in [6.07, 6.45) is -0.882. The van der Waals surface area contributed by atoms with E-state index < -0.39 is 29.1 Å². The number of H-pyrrole nitrogens is 1. The lowest BCUT2D eigenvalue weighted by Crippen LogP contribution is -2.45. The van der Waals surface area contributed by atoms with Gasteiger partial charge in [0.2, 0.25) is 5.60 Å². The summed E-state index contributed by atoms with van der Waals surface area (Å²) in [6, 6.07) is 15.0. The first-order valence-corrected chi connectivity index (χ1v) is 9.17. The van der Waals surface area contributed by atoms with Crippen LogP contribution in [-0.2, 0) is 15.1 Å². The van der Waals surface area contributed by atoms with Gasteiger partial charge in [-0.05, 0) is 22.9 Å². The van der Waals surface area contributed by atoms with Crippen LogP contribution >= 0.6 is 11.6 Å². The predicted octanol–water partition coefficient (Wildman–Crippen LogP) is 3.97. The van der Waals surface area contributed by atoms with Crippen LogP contribution in [0.15, 0.2) is 53.3 Å². The molecule has 0 bridgehead atoms. The van der Waals surface area contributed by atoms with E-state index >= 15 is 0 Å².